The van der Waals surface area contributed by atoms with Gasteiger partial charge in [-0.3, -0.25) is 14.9 Å². The van der Waals surface area contributed by atoms with E-state index in [1.165, 1.54) is 25.5 Å². The number of hydrogen-bond acceptors (Lipinski definition) is 7. The molecule has 0 aliphatic carbocycles. The quantitative estimate of drug-likeness (QED) is 0.107. The number of amides is 1. The number of nitrogens with zero attached hydrogens (tertiary/aromatic N) is 2. The molecule has 0 unspecified atom stereocenters. The van der Waals surface area contributed by atoms with Crippen LogP contribution in [0, 0.1) is 13.7 Å². The second-order valence-electron chi connectivity index (χ2n) is 7.24. The average molecular weight is 650 g/mol. The molecule has 0 bridgehead atoms. The van der Waals surface area contributed by atoms with Crippen LogP contribution in [-0.2, 0) is 6.61 Å². The summed E-state index contributed by atoms with van der Waals surface area (Å²) in [7, 11) is 1.50. The van der Waals surface area contributed by atoms with E-state index in [4.69, 9.17) is 13.9 Å². The normalized spacial score (nSPS) is 11.1. The van der Waals surface area contributed by atoms with Crippen LogP contribution in [0.25, 0.3) is 11.0 Å². The van der Waals surface area contributed by atoms with Crippen LogP contribution in [0.15, 0.2) is 74.7 Å². The van der Waals surface area contributed by atoms with Gasteiger partial charge in [-0.2, -0.15) is 5.10 Å². The van der Waals surface area contributed by atoms with Crippen molar-refractivity contribution in [2.75, 3.05) is 7.11 Å². The van der Waals surface area contributed by atoms with Gasteiger partial charge in [-0.15, -0.1) is 0 Å². The largest absolute Gasteiger partial charge is 0.493 e. The van der Waals surface area contributed by atoms with Crippen LogP contribution < -0.4 is 14.9 Å². The number of hydrazone groups is 1. The predicted molar refractivity (Wildman–Crippen MR) is 142 cm³/mol. The summed E-state index contributed by atoms with van der Waals surface area (Å²) in [5.74, 6) is 0.579. The number of non-ortho nitro benzene ring substituents is 1. The van der Waals surface area contributed by atoms with Gasteiger partial charge < -0.3 is 13.9 Å². The van der Waals surface area contributed by atoms with Crippen LogP contribution in [0.3, 0.4) is 0 Å². The van der Waals surface area contributed by atoms with Gasteiger partial charge in [-0.05, 0) is 70.1 Å². The molecular weight excluding hydrogens is 633 g/mol. The van der Waals surface area contributed by atoms with Crippen molar-refractivity contribution in [2.45, 2.75) is 6.61 Å². The smallest absolute Gasteiger partial charge is 0.307 e. The Morgan fingerprint density at radius 1 is 1.20 bits per heavy atom. The molecule has 0 radical (unpaired) electrons. The molecule has 178 valence electrons. The van der Waals surface area contributed by atoms with E-state index in [-0.39, 0.29) is 18.1 Å². The molecule has 0 spiro atoms. The van der Waals surface area contributed by atoms with E-state index >= 15 is 0 Å². The number of nitrogens with one attached hydrogen (secondary N) is 1. The highest BCUT2D eigenvalue weighted by molar-refractivity contribution is 14.1. The first-order valence-corrected chi connectivity index (χ1v) is 12.0. The molecule has 0 fully saturated rings. The van der Waals surface area contributed by atoms with Gasteiger partial charge in [0.2, 0.25) is 0 Å². The van der Waals surface area contributed by atoms with Crippen LogP contribution in [0.5, 0.6) is 11.5 Å². The van der Waals surface area contributed by atoms with Gasteiger partial charge in [-0.1, -0.05) is 28.1 Å². The molecule has 0 saturated heterocycles. The lowest BCUT2D eigenvalue weighted by atomic mass is 10.2. The zero-order chi connectivity index (χ0) is 24.9. The molecule has 11 heteroatoms. The number of nitro groups is 1. The molecule has 4 aromatic rings. The summed E-state index contributed by atoms with van der Waals surface area (Å²) >= 11 is 5.57. The Morgan fingerprint density at radius 3 is 2.80 bits per heavy atom. The van der Waals surface area contributed by atoms with Crippen molar-refractivity contribution >= 4 is 67.3 Å². The Morgan fingerprint density at radius 2 is 2.03 bits per heavy atom. The lowest BCUT2D eigenvalue weighted by Gasteiger charge is -2.11. The molecule has 0 atom stereocenters. The third-order valence-corrected chi connectivity index (χ3v) is 6.10. The molecule has 0 saturated carbocycles. The summed E-state index contributed by atoms with van der Waals surface area (Å²) in [6.45, 7) is 0.133. The molecule has 3 aromatic carbocycles. The number of rotatable bonds is 8. The molecule has 4 rings (SSSR count). The van der Waals surface area contributed by atoms with E-state index in [0.717, 1.165) is 13.4 Å². The maximum Gasteiger partial charge on any atom is 0.307 e. The minimum Gasteiger partial charge on any atom is -0.493 e. The van der Waals surface area contributed by atoms with Crippen LogP contribution in [-0.4, -0.2) is 24.2 Å². The zero-order valence-corrected chi connectivity index (χ0v) is 21.9. The van der Waals surface area contributed by atoms with E-state index in [1.54, 1.807) is 36.4 Å². The van der Waals surface area contributed by atoms with Crippen molar-refractivity contribution in [2.24, 2.45) is 5.10 Å². The number of nitro benzene ring substituents is 1. The number of halogens is 2. The SMILES string of the molecule is COc1cc(/C=N\NC(=O)c2cc3cc(Br)cc(I)c3o2)ccc1OCc1cccc([N+](=O)[O-])c1. The maximum absolute atomic E-state index is 12.4. The van der Waals surface area contributed by atoms with Crippen LogP contribution >= 0.6 is 38.5 Å². The van der Waals surface area contributed by atoms with E-state index in [1.807, 2.05) is 12.1 Å². The zero-order valence-electron chi connectivity index (χ0n) is 18.2. The molecular formula is C24H17BrIN3O6. The minimum atomic E-state index is -0.478. The Bertz CT molecular complexity index is 1450. The summed E-state index contributed by atoms with van der Waals surface area (Å²) in [6.07, 6.45) is 1.47. The Labute approximate surface area is 221 Å². The Kier molecular flexibility index (Phi) is 7.66. The summed E-state index contributed by atoms with van der Waals surface area (Å²) in [6, 6.07) is 16.8. The second kappa shape index (κ2) is 10.9. The third kappa shape index (κ3) is 5.98. The van der Waals surface area contributed by atoms with Crippen LogP contribution in [0.1, 0.15) is 21.7 Å². The van der Waals surface area contributed by atoms with Gasteiger partial charge in [0.05, 0.1) is 21.8 Å². The van der Waals surface area contributed by atoms with Gasteiger partial charge >= 0.3 is 5.91 Å². The third-order valence-electron chi connectivity index (χ3n) is 4.84. The number of benzene rings is 3. The minimum absolute atomic E-state index is 0.00285. The fourth-order valence-corrected chi connectivity index (χ4v) is 4.87. The van der Waals surface area contributed by atoms with Crippen molar-refractivity contribution in [1.82, 2.24) is 5.43 Å². The van der Waals surface area contributed by atoms with Gasteiger partial charge in [-0.25, -0.2) is 5.43 Å². The van der Waals surface area contributed by atoms with Crippen LogP contribution in [0.4, 0.5) is 5.69 Å². The number of methoxy groups -OCH3 is 1. The monoisotopic (exact) mass is 649 g/mol. The second-order valence-corrected chi connectivity index (χ2v) is 9.32. The number of carbonyl (C=O) groups excluding carboxylic acids is 1. The standard InChI is InChI=1S/C24H17BrIN3O6/c1-33-21-8-14(5-6-20(21)34-13-15-3-2-4-18(7-15)29(31)32)12-27-28-24(30)22-10-16-9-17(25)11-19(26)23(16)35-22/h2-12H,13H2,1H3,(H,28,30)/b27-12-. The van der Waals surface area contributed by atoms with E-state index in [2.05, 4.69) is 49.0 Å². The first-order valence-electron chi connectivity index (χ1n) is 10.1. The van der Waals surface area contributed by atoms with Crippen molar-refractivity contribution in [1.29, 1.82) is 0 Å². The lowest BCUT2D eigenvalue weighted by molar-refractivity contribution is -0.384. The summed E-state index contributed by atoms with van der Waals surface area (Å²) < 4.78 is 18.6. The van der Waals surface area contributed by atoms with E-state index in [0.29, 0.717) is 28.2 Å². The Hall–Kier alpha value is -3.45. The molecule has 1 aromatic heterocycles. The first kappa shape index (κ1) is 24.7. The molecule has 1 N–H and O–H groups in total. The first-order chi connectivity index (χ1) is 16.8. The number of carbonyl (C=O) groups is 1. The van der Waals surface area contributed by atoms with Crippen molar-refractivity contribution in [3.63, 3.8) is 0 Å². The number of hydrogen-bond donors (Lipinski definition) is 1. The topological polar surface area (TPSA) is 116 Å². The molecule has 1 amide bonds. The molecule has 0 aliphatic heterocycles. The highest BCUT2D eigenvalue weighted by Gasteiger charge is 2.14. The van der Waals surface area contributed by atoms with Gasteiger partial charge in [0.15, 0.2) is 17.3 Å². The highest BCUT2D eigenvalue weighted by Crippen LogP contribution is 2.30. The fourth-order valence-electron chi connectivity index (χ4n) is 3.21. The average Bonchev–Trinajstić information content (AvgIpc) is 3.28. The molecule has 35 heavy (non-hydrogen) atoms. The maximum atomic E-state index is 12.4. The van der Waals surface area contributed by atoms with Crippen molar-refractivity contribution in [3.05, 3.63) is 95.7 Å². The number of ether oxygens (including phenoxy) is 2. The fraction of sp³-hybridized carbons (Fsp3) is 0.0833. The van der Waals surface area contributed by atoms with E-state index < -0.39 is 10.8 Å². The summed E-state index contributed by atoms with van der Waals surface area (Å²) in [4.78, 5) is 22.9. The molecule has 0 aliphatic rings. The summed E-state index contributed by atoms with van der Waals surface area (Å²) in [5.41, 5.74) is 4.40. The highest BCUT2D eigenvalue weighted by atomic mass is 127. The van der Waals surface area contributed by atoms with Gasteiger partial charge in [0.25, 0.3) is 5.69 Å². The van der Waals surface area contributed by atoms with Crippen LogP contribution in [0.2, 0.25) is 0 Å². The Balaban J connectivity index is 1.41. The summed E-state index contributed by atoms with van der Waals surface area (Å²) in [5, 5.41) is 15.7. The van der Waals surface area contributed by atoms with Crippen molar-refractivity contribution in [3.8, 4) is 11.5 Å². The molecule has 9 nitrogen and oxygen atoms in total. The predicted octanol–water partition coefficient (Wildman–Crippen LogP) is 6.06. The van der Waals surface area contributed by atoms with Gasteiger partial charge in [0, 0.05) is 22.0 Å². The van der Waals surface area contributed by atoms with Crippen molar-refractivity contribution < 1.29 is 23.6 Å². The number of furan rings is 1. The number of fused-ring (bicyclic) bond motifs is 1. The van der Waals surface area contributed by atoms with E-state index in [9.17, 15) is 14.9 Å². The van der Waals surface area contributed by atoms with Gasteiger partial charge in [0.1, 0.15) is 12.2 Å². The lowest BCUT2D eigenvalue weighted by Crippen LogP contribution is -2.16. The molecule has 1 heterocycles.